The molecule has 1 amide bonds. The van der Waals surface area contributed by atoms with Crippen molar-refractivity contribution in [2.45, 2.75) is 13.0 Å². The molecular weight excluding hydrogens is 276 g/mol. The summed E-state index contributed by atoms with van der Waals surface area (Å²) in [6.07, 6.45) is 1.32. The van der Waals surface area contributed by atoms with Crippen molar-refractivity contribution in [3.8, 4) is 0 Å². The van der Waals surface area contributed by atoms with E-state index in [1.54, 1.807) is 7.05 Å². The summed E-state index contributed by atoms with van der Waals surface area (Å²) in [5.74, 6) is -1.62. The van der Waals surface area contributed by atoms with Crippen LogP contribution in [-0.2, 0) is 11.8 Å². The molecule has 0 radical (unpaired) electrons. The van der Waals surface area contributed by atoms with Gasteiger partial charge in [0.05, 0.1) is 13.2 Å². The zero-order chi connectivity index (χ0) is 15.4. The van der Waals surface area contributed by atoms with Crippen molar-refractivity contribution in [3.05, 3.63) is 17.5 Å². The van der Waals surface area contributed by atoms with Crippen molar-refractivity contribution in [2.75, 3.05) is 32.8 Å². The highest BCUT2D eigenvalue weighted by atomic mass is 16.5. The summed E-state index contributed by atoms with van der Waals surface area (Å²) in [5.41, 5.74) is -0.146. The summed E-state index contributed by atoms with van der Waals surface area (Å²) in [6, 6.07) is -0.0979. The molecule has 8 heteroatoms. The lowest BCUT2D eigenvalue weighted by Gasteiger charge is -2.29. The van der Waals surface area contributed by atoms with Crippen LogP contribution in [0.1, 0.15) is 27.8 Å². The molecule has 1 unspecified atom stereocenters. The van der Waals surface area contributed by atoms with Gasteiger partial charge in [0, 0.05) is 38.9 Å². The van der Waals surface area contributed by atoms with Gasteiger partial charge in [0.1, 0.15) is 5.56 Å². The smallest absolute Gasteiger partial charge is 0.339 e. The average Bonchev–Trinajstić information content (AvgIpc) is 2.82. The Kier molecular flexibility index (Phi) is 4.92. The van der Waals surface area contributed by atoms with Crippen LogP contribution in [0.5, 0.6) is 0 Å². The first-order chi connectivity index (χ1) is 9.97. The van der Waals surface area contributed by atoms with Gasteiger partial charge in [-0.3, -0.25) is 14.4 Å². The Morgan fingerprint density at radius 2 is 2.14 bits per heavy atom. The van der Waals surface area contributed by atoms with Crippen molar-refractivity contribution in [3.63, 3.8) is 0 Å². The molecule has 116 valence electrons. The molecule has 1 atom stereocenters. The Morgan fingerprint density at radius 3 is 2.76 bits per heavy atom. The van der Waals surface area contributed by atoms with Gasteiger partial charge in [-0.05, 0) is 6.92 Å². The third kappa shape index (κ3) is 4.02. The van der Waals surface area contributed by atoms with E-state index in [9.17, 15) is 9.59 Å². The molecule has 1 aromatic heterocycles. The van der Waals surface area contributed by atoms with Gasteiger partial charge < -0.3 is 15.2 Å². The summed E-state index contributed by atoms with van der Waals surface area (Å²) in [6.45, 7) is 5.66. The largest absolute Gasteiger partial charge is 0.478 e. The topological polar surface area (TPSA) is 96.7 Å². The van der Waals surface area contributed by atoms with Crippen LogP contribution in [0.15, 0.2) is 6.20 Å². The van der Waals surface area contributed by atoms with Gasteiger partial charge in [0.25, 0.3) is 5.91 Å². The fourth-order valence-corrected chi connectivity index (χ4v) is 2.32. The number of aryl methyl sites for hydroxylation is 1. The number of aromatic carboxylic acids is 1. The number of nitrogens with zero attached hydrogens (tertiary/aromatic N) is 3. The number of rotatable bonds is 5. The number of carbonyl (C=O) groups is 2. The molecule has 21 heavy (non-hydrogen) atoms. The quantitative estimate of drug-likeness (QED) is 0.765. The van der Waals surface area contributed by atoms with Crippen LogP contribution in [0, 0.1) is 0 Å². The molecule has 2 heterocycles. The predicted molar refractivity (Wildman–Crippen MR) is 74.4 cm³/mol. The van der Waals surface area contributed by atoms with Gasteiger partial charge in [-0.2, -0.15) is 5.10 Å². The first-order valence-electron chi connectivity index (χ1n) is 6.85. The molecule has 8 nitrogen and oxygen atoms in total. The lowest BCUT2D eigenvalue weighted by molar-refractivity contribution is 0.0342. The zero-order valence-corrected chi connectivity index (χ0v) is 12.2. The van der Waals surface area contributed by atoms with Crippen LogP contribution in [0.2, 0.25) is 0 Å². The Hall–Kier alpha value is -1.93. The first-order valence-corrected chi connectivity index (χ1v) is 6.85. The summed E-state index contributed by atoms with van der Waals surface area (Å²) in [7, 11) is 1.58. The highest BCUT2D eigenvalue weighted by molar-refractivity contribution is 6.03. The van der Waals surface area contributed by atoms with Crippen LogP contribution in [0.25, 0.3) is 0 Å². The SMILES string of the molecule is CC(CN1CCOCC1)NC(=O)c1nn(C)cc1C(=O)O. The molecule has 1 fully saturated rings. The number of hydrogen-bond donors (Lipinski definition) is 2. The second-order valence-corrected chi connectivity index (χ2v) is 5.16. The monoisotopic (exact) mass is 296 g/mol. The summed E-state index contributed by atoms with van der Waals surface area (Å²) >= 11 is 0. The second kappa shape index (κ2) is 6.68. The molecule has 0 aromatic carbocycles. The standard InChI is InChI=1S/C13H20N4O4/c1-9(7-17-3-5-21-6-4-17)14-12(18)11-10(13(19)20)8-16(2)15-11/h8-9H,3-7H2,1-2H3,(H,14,18)(H,19,20). The number of hydrogen-bond acceptors (Lipinski definition) is 5. The molecule has 2 N–H and O–H groups in total. The Labute approximate surface area is 122 Å². The molecule has 1 aliphatic heterocycles. The third-order valence-electron chi connectivity index (χ3n) is 3.29. The van der Waals surface area contributed by atoms with Gasteiger partial charge in [0.2, 0.25) is 0 Å². The molecule has 0 saturated carbocycles. The third-order valence-corrected chi connectivity index (χ3v) is 3.29. The molecule has 1 aromatic rings. The average molecular weight is 296 g/mol. The van der Waals surface area contributed by atoms with E-state index in [0.717, 1.165) is 13.1 Å². The van der Waals surface area contributed by atoms with Gasteiger partial charge in [-0.1, -0.05) is 0 Å². The summed E-state index contributed by atoms with van der Waals surface area (Å²) < 4.78 is 6.59. The van der Waals surface area contributed by atoms with E-state index in [2.05, 4.69) is 15.3 Å². The van der Waals surface area contributed by atoms with Crippen molar-refractivity contribution < 1.29 is 19.4 Å². The second-order valence-electron chi connectivity index (χ2n) is 5.16. The van der Waals surface area contributed by atoms with Crippen LogP contribution in [-0.4, -0.2) is 70.6 Å². The number of carboxylic acid groups (broad SMARTS) is 1. The maximum absolute atomic E-state index is 12.1. The minimum Gasteiger partial charge on any atom is -0.478 e. The van der Waals surface area contributed by atoms with Crippen LogP contribution < -0.4 is 5.32 Å². The number of nitrogens with one attached hydrogen (secondary N) is 1. The van der Waals surface area contributed by atoms with Gasteiger partial charge >= 0.3 is 5.97 Å². The Bertz CT molecular complexity index is 522. The van der Waals surface area contributed by atoms with E-state index >= 15 is 0 Å². The highest BCUT2D eigenvalue weighted by Gasteiger charge is 2.23. The van der Waals surface area contributed by atoms with E-state index in [4.69, 9.17) is 9.84 Å². The van der Waals surface area contributed by atoms with Gasteiger partial charge in [-0.25, -0.2) is 4.79 Å². The highest BCUT2D eigenvalue weighted by Crippen LogP contribution is 2.07. The number of carbonyl (C=O) groups excluding carboxylic acids is 1. The molecular formula is C13H20N4O4. The predicted octanol–water partition coefficient (Wildman–Crippen LogP) is -0.431. The fraction of sp³-hybridized carbons (Fsp3) is 0.615. The lowest BCUT2D eigenvalue weighted by Crippen LogP contribution is -2.46. The first kappa shape index (κ1) is 15.5. The minimum atomic E-state index is -1.16. The minimum absolute atomic E-state index is 0.0566. The van der Waals surface area contributed by atoms with E-state index in [1.807, 2.05) is 6.92 Å². The van der Waals surface area contributed by atoms with Crippen molar-refractivity contribution >= 4 is 11.9 Å². The summed E-state index contributed by atoms with van der Waals surface area (Å²) in [5, 5.41) is 15.8. The molecule has 1 saturated heterocycles. The molecule has 0 spiro atoms. The Morgan fingerprint density at radius 1 is 1.48 bits per heavy atom. The maximum Gasteiger partial charge on any atom is 0.339 e. The normalized spacial score (nSPS) is 17.4. The summed E-state index contributed by atoms with van der Waals surface area (Å²) in [4.78, 5) is 25.4. The molecule has 0 aliphatic carbocycles. The van der Waals surface area contributed by atoms with E-state index in [1.165, 1.54) is 10.9 Å². The van der Waals surface area contributed by atoms with Crippen molar-refractivity contribution in [1.29, 1.82) is 0 Å². The number of amides is 1. The maximum atomic E-state index is 12.1. The van der Waals surface area contributed by atoms with Crippen LogP contribution >= 0.6 is 0 Å². The van der Waals surface area contributed by atoms with Gasteiger partial charge in [-0.15, -0.1) is 0 Å². The fourth-order valence-electron chi connectivity index (χ4n) is 2.32. The zero-order valence-electron chi connectivity index (χ0n) is 12.2. The number of ether oxygens (including phenoxy) is 1. The van der Waals surface area contributed by atoms with E-state index in [-0.39, 0.29) is 17.3 Å². The van der Waals surface area contributed by atoms with Crippen molar-refractivity contribution in [2.24, 2.45) is 7.05 Å². The number of aromatic nitrogens is 2. The van der Waals surface area contributed by atoms with E-state index < -0.39 is 11.9 Å². The molecule has 1 aliphatic rings. The Balaban J connectivity index is 1.95. The van der Waals surface area contributed by atoms with Crippen LogP contribution in [0.4, 0.5) is 0 Å². The van der Waals surface area contributed by atoms with E-state index in [0.29, 0.717) is 19.8 Å². The number of morpholine rings is 1. The van der Waals surface area contributed by atoms with Crippen LogP contribution in [0.3, 0.4) is 0 Å². The van der Waals surface area contributed by atoms with Gasteiger partial charge in [0.15, 0.2) is 5.69 Å². The number of carboxylic acids is 1. The molecule has 2 rings (SSSR count). The lowest BCUT2D eigenvalue weighted by atomic mass is 10.2. The van der Waals surface area contributed by atoms with Crippen molar-refractivity contribution in [1.82, 2.24) is 20.0 Å². The molecule has 0 bridgehead atoms.